The molecular weight excluding hydrogens is 340 g/mol. The fraction of sp³-hybridized carbons (Fsp3) is 0.529. The maximum Gasteiger partial charge on any atom is 0.416 e. The monoisotopic (exact) mass is 360 g/mol. The van der Waals surface area contributed by atoms with E-state index in [1.54, 1.807) is 0 Å². The van der Waals surface area contributed by atoms with Crippen LogP contribution in [0.2, 0.25) is 0 Å². The second-order valence-electron chi connectivity index (χ2n) is 6.12. The number of benzene rings is 1. The summed E-state index contributed by atoms with van der Waals surface area (Å²) >= 11 is 0. The Morgan fingerprint density at radius 2 is 1.80 bits per heavy atom. The van der Waals surface area contributed by atoms with Crippen molar-refractivity contribution in [3.63, 3.8) is 0 Å². The van der Waals surface area contributed by atoms with E-state index in [2.05, 4.69) is 10.6 Å². The van der Waals surface area contributed by atoms with Crippen molar-refractivity contribution in [1.29, 1.82) is 0 Å². The molecule has 1 fully saturated rings. The zero-order chi connectivity index (χ0) is 18.4. The van der Waals surface area contributed by atoms with E-state index in [0.29, 0.717) is 18.2 Å². The van der Waals surface area contributed by atoms with Crippen LogP contribution in [0.15, 0.2) is 18.2 Å². The first kappa shape index (κ1) is 19.2. The number of hydrogen-bond acceptors (Lipinski definition) is 2. The highest BCUT2D eigenvalue weighted by Gasteiger charge is 2.31. The fourth-order valence-corrected chi connectivity index (χ4v) is 2.82. The van der Waals surface area contributed by atoms with Gasteiger partial charge in [-0.2, -0.15) is 13.2 Å². The molecule has 0 spiro atoms. The second-order valence-corrected chi connectivity index (χ2v) is 6.12. The average Bonchev–Trinajstić information content (AvgIpc) is 2.56. The Hall–Kier alpha value is -2.12. The van der Waals surface area contributed by atoms with Crippen LogP contribution in [0.1, 0.15) is 44.1 Å². The summed E-state index contributed by atoms with van der Waals surface area (Å²) in [7, 11) is 0. The molecule has 0 radical (unpaired) electrons. The van der Waals surface area contributed by atoms with Crippen LogP contribution in [0, 0.1) is 11.7 Å². The molecule has 0 bridgehead atoms. The van der Waals surface area contributed by atoms with Gasteiger partial charge in [-0.05, 0) is 31.0 Å². The van der Waals surface area contributed by atoms with Crippen molar-refractivity contribution in [2.45, 2.75) is 44.7 Å². The zero-order valence-corrected chi connectivity index (χ0v) is 13.6. The van der Waals surface area contributed by atoms with E-state index in [1.807, 2.05) is 0 Å². The number of carbonyl (C=O) groups is 2. The quantitative estimate of drug-likeness (QED) is 0.783. The molecule has 0 atom stereocenters. The van der Waals surface area contributed by atoms with Crippen molar-refractivity contribution in [3.05, 3.63) is 29.6 Å². The summed E-state index contributed by atoms with van der Waals surface area (Å²) in [4.78, 5) is 23.7. The molecule has 1 aromatic rings. The van der Waals surface area contributed by atoms with Gasteiger partial charge in [0.1, 0.15) is 5.82 Å². The molecule has 2 N–H and O–H groups in total. The number of amides is 2. The van der Waals surface area contributed by atoms with Crippen LogP contribution < -0.4 is 10.6 Å². The van der Waals surface area contributed by atoms with Crippen LogP contribution in [0.3, 0.4) is 0 Å². The third-order valence-corrected chi connectivity index (χ3v) is 4.20. The molecule has 2 amide bonds. The second kappa shape index (κ2) is 8.31. The average molecular weight is 360 g/mol. The van der Waals surface area contributed by atoms with Crippen molar-refractivity contribution in [1.82, 2.24) is 5.32 Å². The molecule has 1 saturated carbocycles. The van der Waals surface area contributed by atoms with E-state index in [1.165, 1.54) is 0 Å². The van der Waals surface area contributed by atoms with Crippen molar-refractivity contribution in [3.8, 4) is 0 Å². The van der Waals surface area contributed by atoms with E-state index in [4.69, 9.17) is 0 Å². The molecule has 0 saturated heterocycles. The van der Waals surface area contributed by atoms with Gasteiger partial charge in [0, 0.05) is 18.9 Å². The number of hydrogen-bond donors (Lipinski definition) is 2. The summed E-state index contributed by atoms with van der Waals surface area (Å²) in [5.74, 6) is -1.77. The molecule has 0 aromatic heterocycles. The molecule has 0 unspecified atom stereocenters. The summed E-state index contributed by atoms with van der Waals surface area (Å²) in [6.45, 7) is 0.0573. The largest absolute Gasteiger partial charge is 0.416 e. The van der Waals surface area contributed by atoms with Crippen LogP contribution in [0.4, 0.5) is 23.2 Å². The maximum absolute atomic E-state index is 13.6. The van der Waals surface area contributed by atoms with Crippen molar-refractivity contribution in [2.24, 2.45) is 5.92 Å². The molecular formula is C17H20F4N2O2. The highest BCUT2D eigenvalue weighted by molar-refractivity contribution is 5.91. The number of alkyl halides is 3. The molecule has 25 heavy (non-hydrogen) atoms. The predicted octanol–water partition coefficient (Wildman–Crippen LogP) is 3.87. The summed E-state index contributed by atoms with van der Waals surface area (Å²) in [5, 5.41) is 4.76. The Kier molecular flexibility index (Phi) is 6.39. The molecule has 8 heteroatoms. The van der Waals surface area contributed by atoms with Crippen molar-refractivity contribution >= 4 is 17.5 Å². The van der Waals surface area contributed by atoms with Crippen LogP contribution in [-0.4, -0.2) is 18.4 Å². The van der Waals surface area contributed by atoms with Gasteiger partial charge in [-0.3, -0.25) is 9.59 Å². The summed E-state index contributed by atoms with van der Waals surface area (Å²) < 4.78 is 51.4. The number of halogens is 4. The smallest absolute Gasteiger partial charge is 0.355 e. The minimum atomic E-state index is -4.62. The van der Waals surface area contributed by atoms with Gasteiger partial charge in [0.25, 0.3) is 0 Å². The lowest BCUT2D eigenvalue weighted by Crippen LogP contribution is -2.34. The molecule has 1 aliphatic rings. The Morgan fingerprint density at radius 1 is 1.12 bits per heavy atom. The highest BCUT2D eigenvalue weighted by Crippen LogP contribution is 2.31. The first-order chi connectivity index (χ1) is 11.8. The predicted molar refractivity (Wildman–Crippen MR) is 84.2 cm³/mol. The summed E-state index contributed by atoms with van der Waals surface area (Å²) in [5.41, 5.74) is -1.58. The number of carbonyl (C=O) groups excluding carboxylic acids is 2. The number of nitrogens with one attached hydrogen (secondary N) is 2. The molecule has 1 aromatic carbocycles. The minimum absolute atomic E-state index is 0.0438. The van der Waals surface area contributed by atoms with Crippen LogP contribution in [0.5, 0.6) is 0 Å². The third kappa shape index (κ3) is 5.72. The first-order valence-corrected chi connectivity index (χ1v) is 8.21. The van der Waals surface area contributed by atoms with Crippen molar-refractivity contribution in [2.75, 3.05) is 11.9 Å². The standard InChI is InChI=1S/C17H20F4N2O2/c18-13-7-6-12(17(19,20)21)10-14(13)23-15(24)8-9-22-16(25)11-4-2-1-3-5-11/h6-7,10-11H,1-5,8-9H2,(H,22,25)(H,23,24). The van der Waals surface area contributed by atoms with Gasteiger partial charge in [0.15, 0.2) is 0 Å². The molecule has 1 aliphatic carbocycles. The van der Waals surface area contributed by atoms with Gasteiger partial charge in [-0.25, -0.2) is 4.39 Å². The molecule has 4 nitrogen and oxygen atoms in total. The fourth-order valence-electron chi connectivity index (χ4n) is 2.82. The Balaban J connectivity index is 1.83. The van der Waals surface area contributed by atoms with Gasteiger partial charge < -0.3 is 10.6 Å². The van der Waals surface area contributed by atoms with Crippen LogP contribution >= 0.6 is 0 Å². The van der Waals surface area contributed by atoms with E-state index >= 15 is 0 Å². The Bertz CT molecular complexity index is 626. The van der Waals surface area contributed by atoms with Gasteiger partial charge in [0.2, 0.25) is 11.8 Å². The lowest BCUT2D eigenvalue weighted by molar-refractivity contribution is -0.137. The lowest BCUT2D eigenvalue weighted by atomic mass is 9.89. The highest BCUT2D eigenvalue weighted by atomic mass is 19.4. The maximum atomic E-state index is 13.6. The SMILES string of the molecule is O=C(CCNC(=O)C1CCCCC1)Nc1cc(C(F)(F)F)ccc1F. The number of rotatable bonds is 5. The molecule has 0 heterocycles. The van der Waals surface area contributed by atoms with Gasteiger partial charge in [0.05, 0.1) is 11.3 Å². The van der Waals surface area contributed by atoms with Gasteiger partial charge >= 0.3 is 6.18 Å². The number of anilines is 1. The van der Waals surface area contributed by atoms with Crippen molar-refractivity contribution < 1.29 is 27.2 Å². The van der Waals surface area contributed by atoms with E-state index < -0.39 is 29.2 Å². The van der Waals surface area contributed by atoms with E-state index in [-0.39, 0.29) is 24.8 Å². The topological polar surface area (TPSA) is 58.2 Å². The van der Waals surface area contributed by atoms with Gasteiger partial charge in [-0.15, -0.1) is 0 Å². The normalized spacial score (nSPS) is 15.7. The van der Waals surface area contributed by atoms with E-state index in [9.17, 15) is 27.2 Å². The minimum Gasteiger partial charge on any atom is -0.355 e. The molecule has 2 rings (SSSR count). The summed E-state index contributed by atoms with van der Waals surface area (Å²) in [6.07, 6.45) is 0.0196. The van der Waals surface area contributed by atoms with Crippen LogP contribution in [-0.2, 0) is 15.8 Å². The first-order valence-electron chi connectivity index (χ1n) is 8.21. The zero-order valence-electron chi connectivity index (χ0n) is 13.6. The Labute approximate surface area is 143 Å². The van der Waals surface area contributed by atoms with Crippen LogP contribution in [0.25, 0.3) is 0 Å². The molecule has 138 valence electrons. The summed E-state index contributed by atoms with van der Waals surface area (Å²) in [6, 6.07) is 1.81. The third-order valence-electron chi connectivity index (χ3n) is 4.20. The Morgan fingerprint density at radius 3 is 2.44 bits per heavy atom. The van der Waals surface area contributed by atoms with E-state index in [0.717, 1.165) is 32.1 Å². The lowest BCUT2D eigenvalue weighted by Gasteiger charge is -2.20. The van der Waals surface area contributed by atoms with Gasteiger partial charge in [-0.1, -0.05) is 19.3 Å². The molecule has 0 aliphatic heterocycles.